The number of nitrogens with one attached hydrogen (secondary N) is 1. The second-order valence-electron chi connectivity index (χ2n) is 4.94. The number of carbonyl (C=O) groups excluding carboxylic acids is 1. The van der Waals surface area contributed by atoms with Crippen LogP contribution in [0.1, 0.15) is 36.0 Å². The first-order valence-electron chi connectivity index (χ1n) is 6.70. The number of amides is 1. The molecule has 0 saturated carbocycles. The zero-order valence-electron chi connectivity index (χ0n) is 11.7. The maximum atomic E-state index is 11.9. The van der Waals surface area contributed by atoms with Crippen LogP contribution < -0.4 is 5.32 Å². The average Bonchev–Trinajstić information content (AvgIpc) is 3.25. The molecular formula is C15H15N3O4. The summed E-state index contributed by atoms with van der Waals surface area (Å²) in [5.41, 5.74) is -0.753. The molecular weight excluding hydrogens is 286 g/mol. The minimum Gasteiger partial charge on any atom is -0.505 e. The van der Waals surface area contributed by atoms with Crippen LogP contribution in [0.5, 0.6) is 5.75 Å². The van der Waals surface area contributed by atoms with Crippen LogP contribution in [0.15, 0.2) is 28.4 Å². The zero-order chi connectivity index (χ0) is 16.2. The molecule has 1 heterocycles. The van der Waals surface area contributed by atoms with Crippen LogP contribution in [-0.4, -0.2) is 27.8 Å². The first-order chi connectivity index (χ1) is 10.5. The molecule has 3 N–H and O–H groups in total. The number of rotatable bonds is 7. The smallest absolute Gasteiger partial charge is 0.339 e. The summed E-state index contributed by atoms with van der Waals surface area (Å²) in [6.45, 7) is 0. The van der Waals surface area contributed by atoms with Crippen LogP contribution >= 0.6 is 0 Å². The van der Waals surface area contributed by atoms with Crippen LogP contribution in [-0.2, 0) is 4.79 Å². The largest absolute Gasteiger partial charge is 0.505 e. The Morgan fingerprint density at radius 1 is 1.32 bits per heavy atom. The molecule has 0 radical (unpaired) electrons. The van der Waals surface area contributed by atoms with Gasteiger partial charge in [0, 0.05) is 25.7 Å². The SMILES string of the molecule is C#CCCC1(CCC(=O)Nc2cccc(C(=O)O)c2O)N=N1. The molecule has 1 aromatic carbocycles. The van der Waals surface area contributed by atoms with Crippen molar-refractivity contribution in [2.24, 2.45) is 10.2 Å². The van der Waals surface area contributed by atoms with E-state index in [2.05, 4.69) is 21.5 Å². The van der Waals surface area contributed by atoms with E-state index < -0.39 is 17.4 Å². The summed E-state index contributed by atoms with van der Waals surface area (Å²) in [5, 5.41) is 29.1. The number of benzene rings is 1. The monoisotopic (exact) mass is 301 g/mol. The van der Waals surface area contributed by atoms with E-state index in [1.54, 1.807) is 0 Å². The molecule has 0 aliphatic carbocycles. The van der Waals surface area contributed by atoms with Gasteiger partial charge >= 0.3 is 5.97 Å². The summed E-state index contributed by atoms with van der Waals surface area (Å²) in [5.74, 6) is 0.422. The Morgan fingerprint density at radius 3 is 2.64 bits per heavy atom. The van der Waals surface area contributed by atoms with Gasteiger partial charge in [0.1, 0.15) is 5.56 Å². The van der Waals surface area contributed by atoms with Crippen molar-refractivity contribution in [3.05, 3.63) is 23.8 Å². The fraction of sp³-hybridized carbons (Fsp3) is 0.333. The Morgan fingerprint density at radius 2 is 2.05 bits per heavy atom. The third-order valence-electron chi connectivity index (χ3n) is 3.35. The summed E-state index contributed by atoms with van der Waals surface area (Å²) >= 11 is 0. The molecule has 0 spiro atoms. The van der Waals surface area contributed by atoms with Gasteiger partial charge < -0.3 is 15.5 Å². The van der Waals surface area contributed by atoms with Gasteiger partial charge in [-0.3, -0.25) is 4.79 Å². The second kappa shape index (κ2) is 6.26. The Kier molecular flexibility index (Phi) is 4.41. The minimum absolute atomic E-state index is 0.0623. The lowest BCUT2D eigenvalue weighted by Gasteiger charge is -2.11. The Hall–Kier alpha value is -2.88. The highest BCUT2D eigenvalue weighted by atomic mass is 16.4. The van der Waals surface area contributed by atoms with Gasteiger partial charge in [0.05, 0.1) is 5.69 Å². The van der Waals surface area contributed by atoms with Crippen LogP contribution in [0.3, 0.4) is 0 Å². The standard InChI is InChI=1S/C15H15N3O4/c1-2-3-8-15(17-18-15)9-7-12(19)16-11-6-4-5-10(13(11)20)14(21)22/h1,4-6,20H,3,7-9H2,(H,16,19)(H,21,22). The number of nitrogens with zero attached hydrogens (tertiary/aromatic N) is 2. The Balaban J connectivity index is 1.92. The van der Waals surface area contributed by atoms with E-state index in [0.29, 0.717) is 19.3 Å². The van der Waals surface area contributed by atoms with Crippen LogP contribution in [0.25, 0.3) is 0 Å². The molecule has 1 aliphatic heterocycles. The quantitative estimate of drug-likeness (QED) is 0.530. The molecule has 0 bridgehead atoms. The van der Waals surface area contributed by atoms with E-state index in [0.717, 1.165) is 0 Å². The topological polar surface area (TPSA) is 111 Å². The van der Waals surface area contributed by atoms with E-state index in [1.807, 2.05) is 0 Å². The van der Waals surface area contributed by atoms with Gasteiger partial charge in [-0.05, 0) is 12.1 Å². The maximum Gasteiger partial charge on any atom is 0.339 e. The van der Waals surface area contributed by atoms with Crippen LogP contribution in [0.2, 0.25) is 0 Å². The number of terminal acetylenes is 1. The number of hydrogen-bond donors (Lipinski definition) is 3. The molecule has 7 nitrogen and oxygen atoms in total. The van der Waals surface area contributed by atoms with E-state index in [-0.39, 0.29) is 23.6 Å². The predicted molar refractivity (Wildman–Crippen MR) is 78.6 cm³/mol. The molecule has 2 rings (SSSR count). The molecule has 0 unspecified atom stereocenters. The number of para-hydroxylation sites is 1. The molecule has 0 atom stereocenters. The minimum atomic E-state index is -1.27. The van der Waals surface area contributed by atoms with Gasteiger partial charge in [0.2, 0.25) is 5.91 Å². The zero-order valence-corrected chi connectivity index (χ0v) is 11.7. The lowest BCUT2D eigenvalue weighted by molar-refractivity contribution is -0.116. The second-order valence-corrected chi connectivity index (χ2v) is 4.94. The average molecular weight is 301 g/mol. The van der Waals surface area contributed by atoms with Crippen molar-refractivity contribution in [3.8, 4) is 18.1 Å². The van der Waals surface area contributed by atoms with Gasteiger partial charge in [0.25, 0.3) is 0 Å². The molecule has 0 aromatic heterocycles. The van der Waals surface area contributed by atoms with Crippen molar-refractivity contribution in [1.82, 2.24) is 0 Å². The third kappa shape index (κ3) is 3.61. The summed E-state index contributed by atoms with van der Waals surface area (Å²) in [4.78, 5) is 22.8. The van der Waals surface area contributed by atoms with Crippen molar-refractivity contribution in [3.63, 3.8) is 0 Å². The van der Waals surface area contributed by atoms with Crippen molar-refractivity contribution >= 4 is 17.6 Å². The third-order valence-corrected chi connectivity index (χ3v) is 3.35. The molecule has 7 heteroatoms. The fourth-order valence-corrected chi connectivity index (χ4v) is 2.01. The predicted octanol–water partition coefficient (Wildman–Crippen LogP) is 2.38. The fourth-order valence-electron chi connectivity index (χ4n) is 2.01. The number of anilines is 1. The molecule has 0 saturated heterocycles. The highest BCUT2D eigenvalue weighted by Crippen LogP contribution is 2.37. The number of aromatic hydroxyl groups is 1. The maximum absolute atomic E-state index is 11.9. The van der Waals surface area contributed by atoms with Crippen LogP contribution in [0, 0.1) is 12.3 Å². The summed E-state index contributed by atoms with van der Waals surface area (Å²) < 4.78 is 0. The number of carboxylic acids is 1. The van der Waals surface area contributed by atoms with Crippen molar-refractivity contribution in [1.29, 1.82) is 0 Å². The lowest BCUT2D eigenvalue weighted by Crippen LogP contribution is -2.18. The number of carboxylic acid groups (broad SMARTS) is 1. The van der Waals surface area contributed by atoms with Gasteiger partial charge in [-0.1, -0.05) is 6.07 Å². The normalized spacial score (nSPS) is 14.1. The summed E-state index contributed by atoms with van der Waals surface area (Å²) in [6.07, 6.45) is 6.91. The van der Waals surface area contributed by atoms with E-state index >= 15 is 0 Å². The van der Waals surface area contributed by atoms with Crippen molar-refractivity contribution < 1.29 is 19.8 Å². The first-order valence-corrected chi connectivity index (χ1v) is 6.70. The Bertz CT molecular complexity index is 670. The summed E-state index contributed by atoms with van der Waals surface area (Å²) in [6, 6.07) is 4.13. The molecule has 114 valence electrons. The summed E-state index contributed by atoms with van der Waals surface area (Å²) in [7, 11) is 0. The van der Waals surface area contributed by atoms with Crippen LogP contribution in [0.4, 0.5) is 5.69 Å². The number of carbonyl (C=O) groups is 2. The van der Waals surface area contributed by atoms with Gasteiger partial charge in [-0.25, -0.2) is 4.79 Å². The Labute approximate surface area is 127 Å². The molecule has 1 aromatic rings. The first kappa shape index (κ1) is 15.5. The lowest BCUT2D eigenvalue weighted by atomic mass is 10.0. The highest BCUT2D eigenvalue weighted by Gasteiger charge is 2.39. The van der Waals surface area contributed by atoms with Crippen molar-refractivity contribution in [2.45, 2.75) is 31.3 Å². The van der Waals surface area contributed by atoms with Gasteiger partial charge in [-0.2, -0.15) is 10.2 Å². The van der Waals surface area contributed by atoms with E-state index in [1.165, 1.54) is 18.2 Å². The molecule has 0 fully saturated rings. The van der Waals surface area contributed by atoms with E-state index in [4.69, 9.17) is 11.5 Å². The van der Waals surface area contributed by atoms with E-state index in [9.17, 15) is 14.7 Å². The highest BCUT2D eigenvalue weighted by molar-refractivity contribution is 5.97. The van der Waals surface area contributed by atoms with Gasteiger partial charge in [-0.15, -0.1) is 12.3 Å². The molecule has 22 heavy (non-hydrogen) atoms. The number of hydrogen-bond acceptors (Lipinski definition) is 5. The molecule has 1 aliphatic rings. The number of aromatic carboxylic acids is 1. The van der Waals surface area contributed by atoms with Crippen molar-refractivity contribution in [2.75, 3.05) is 5.32 Å². The van der Waals surface area contributed by atoms with Gasteiger partial charge in [0.15, 0.2) is 11.4 Å². The number of phenols is 1. The molecule has 1 amide bonds.